The molecule has 2 aromatic heterocycles. The molecule has 1 N–H and O–H groups in total. The molecule has 0 radical (unpaired) electrons. The van der Waals surface area contributed by atoms with Gasteiger partial charge in [0.1, 0.15) is 11.3 Å². The van der Waals surface area contributed by atoms with Gasteiger partial charge < -0.3 is 4.57 Å². The highest BCUT2D eigenvalue weighted by Gasteiger charge is 2.18. The van der Waals surface area contributed by atoms with Crippen molar-refractivity contribution in [1.29, 1.82) is 0 Å². The molecule has 0 bridgehead atoms. The number of hydrogen-bond donors (Lipinski definition) is 1. The molecule has 0 saturated heterocycles. The van der Waals surface area contributed by atoms with E-state index in [1.165, 1.54) is 5.56 Å². The number of imidazole rings is 1. The summed E-state index contributed by atoms with van der Waals surface area (Å²) in [6, 6.07) is 19.3. The molecular weight excluding hydrogens is 432 g/mol. The van der Waals surface area contributed by atoms with E-state index in [9.17, 15) is 8.42 Å². The quantitative estimate of drug-likeness (QED) is 0.390. The minimum atomic E-state index is -3.66. The Hall–Kier alpha value is -3.03. The van der Waals surface area contributed by atoms with Crippen molar-refractivity contribution in [1.82, 2.24) is 19.3 Å². The molecule has 0 unspecified atom stereocenters. The Morgan fingerprint density at radius 3 is 2.27 bits per heavy atom. The Morgan fingerprint density at radius 2 is 1.61 bits per heavy atom. The van der Waals surface area contributed by atoms with Gasteiger partial charge in [-0.3, -0.25) is 0 Å². The maximum Gasteiger partial charge on any atom is 0.240 e. The third kappa shape index (κ3) is 5.49. The standard InChI is InChI=1S/C26H30N4O2S/c1-4-20-7-9-22(10-8-20)18-30-25(29-24-6-5-15-27-26(24)30)17-28-33(31,32)23-13-11-21(12-14-23)16-19(2)3/h5-15,19,28H,4,16-18H2,1-3H3. The lowest BCUT2D eigenvalue weighted by Gasteiger charge is -2.11. The van der Waals surface area contributed by atoms with Gasteiger partial charge in [0.2, 0.25) is 10.0 Å². The first-order valence-corrected chi connectivity index (χ1v) is 12.8. The maximum atomic E-state index is 12.9. The van der Waals surface area contributed by atoms with Gasteiger partial charge in [-0.15, -0.1) is 0 Å². The fraction of sp³-hybridized carbons (Fsp3) is 0.308. The molecular formula is C26H30N4O2S. The monoisotopic (exact) mass is 462 g/mol. The summed E-state index contributed by atoms with van der Waals surface area (Å²) in [5.74, 6) is 1.15. The first-order valence-electron chi connectivity index (χ1n) is 11.3. The topological polar surface area (TPSA) is 76.9 Å². The lowest BCUT2D eigenvalue weighted by molar-refractivity contribution is 0.576. The van der Waals surface area contributed by atoms with Gasteiger partial charge in [0.25, 0.3) is 0 Å². The summed E-state index contributed by atoms with van der Waals surface area (Å²) in [5.41, 5.74) is 5.01. The van der Waals surface area contributed by atoms with E-state index in [1.54, 1.807) is 18.3 Å². The van der Waals surface area contributed by atoms with Crippen molar-refractivity contribution in [3.05, 3.63) is 89.4 Å². The van der Waals surface area contributed by atoms with Crippen molar-refractivity contribution in [2.24, 2.45) is 5.92 Å². The third-order valence-corrected chi connectivity index (χ3v) is 7.07. The zero-order chi connectivity index (χ0) is 23.4. The van der Waals surface area contributed by atoms with Crippen LogP contribution >= 0.6 is 0 Å². The number of aromatic nitrogens is 3. The average molecular weight is 463 g/mol. The molecule has 2 heterocycles. The van der Waals surface area contributed by atoms with E-state index >= 15 is 0 Å². The largest absolute Gasteiger partial charge is 0.307 e. The average Bonchev–Trinajstić information content (AvgIpc) is 3.16. The van der Waals surface area contributed by atoms with E-state index in [2.05, 4.69) is 59.7 Å². The van der Waals surface area contributed by atoms with Gasteiger partial charge in [0.05, 0.1) is 18.0 Å². The van der Waals surface area contributed by atoms with E-state index in [4.69, 9.17) is 0 Å². The molecule has 172 valence electrons. The molecule has 6 nitrogen and oxygen atoms in total. The lowest BCUT2D eigenvalue weighted by Crippen LogP contribution is -2.25. The van der Waals surface area contributed by atoms with Crippen molar-refractivity contribution < 1.29 is 8.42 Å². The van der Waals surface area contributed by atoms with E-state index in [-0.39, 0.29) is 11.4 Å². The molecule has 0 saturated carbocycles. The Morgan fingerprint density at radius 1 is 0.939 bits per heavy atom. The summed E-state index contributed by atoms with van der Waals surface area (Å²) in [7, 11) is -3.66. The van der Waals surface area contributed by atoms with Crippen LogP contribution in [-0.4, -0.2) is 23.0 Å². The van der Waals surface area contributed by atoms with Crippen LogP contribution in [0.25, 0.3) is 11.2 Å². The van der Waals surface area contributed by atoms with E-state index in [0.29, 0.717) is 18.3 Å². The first-order chi connectivity index (χ1) is 15.9. The van der Waals surface area contributed by atoms with E-state index in [1.807, 2.05) is 28.8 Å². The number of sulfonamides is 1. The predicted octanol–water partition coefficient (Wildman–Crippen LogP) is 4.72. The molecule has 0 aliphatic heterocycles. The maximum absolute atomic E-state index is 12.9. The van der Waals surface area contributed by atoms with Crippen molar-refractivity contribution >= 4 is 21.2 Å². The highest BCUT2D eigenvalue weighted by Crippen LogP contribution is 2.18. The van der Waals surface area contributed by atoms with Gasteiger partial charge in [0, 0.05) is 6.20 Å². The van der Waals surface area contributed by atoms with Crippen molar-refractivity contribution in [2.75, 3.05) is 0 Å². The van der Waals surface area contributed by atoms with Gasteiger partial charge >= 0.3 is 0 Å². The Labute approximate surface area is 195 Å². The Bertz CT molecular complexity index is 1330. The Balaban J connectivity index is 1.57. The second-order valence-electron chi connectivity index (χ2n) is 8.70. The highest BCUT2D eigenvalue weighted by molar-refractivity contribution is 7.89. The van der Waals surface area contributed by atoms with Gasteiger partial charge in [-0.25, -0.2) is 23.1 Å². The molecule has 0 fully saturated rings. The summed E-state index contributed by atoms with van der Waals surface area (Å²) in [6.07, 6.45) is 3.64. The number of pyridine rings is 1. The van der Waals surface area contributed by atoms with E-state index < -0.39 is 10.0 Å². The van der Waals surface area contributed by atoms with Gasteiger partial charge in [-0.1, -0.05) is 57.2 Å². The smallest absolute Gasteiger partial charge is 0.240 e. The van der Waals surface area contributed by atoms with Crippen LogP contribution in [-0.2, 0) is 36.0 Å². The van der Waals surface area contributed by atoms with Crippen molar-refractivity contribution in [2.45, 2.75) is 51.6 Å². The van der Waals surface area contributed by atoms with Crippen LogP contribution in [0.2, 0.25) is 0 Å². The minimum Gasteiger partial charge on any atom is -0.307 e. The van der Waals surface area contributed by atoms with Crippen molar-refractivity contribution in [3.8, 4) is 0 Å². The number of fused-ring (bicyclic) bond motifs is 1. The molecule has 4 aromatic rings. The summed E-state index contributed by atoms with van der Waals surface area (Å²) in [6.45, 7) is 7.07. The normalized spacial score (nSPS) is 12.0. The second-order valence-corrected chi connectivity index (χ2v) is 10.5. The number of rotatable bonds is 9. The number of nitrogens with one attached hydrogen (secondary N) is 1. The van der Waals surface area contributed by atoms with Crippen molar-refractivity contribution in [3.63, 3.8) is 0 Å². The number of benzene rings is 2. The molecule has 33 heavy (non-hydrogen) atoms. The first kappa shape index (κ1) is 23.1. The fourth-order valence-corrected chi connectivity index (χ4v) is 4.87. The molecule has 0 aliphatic carbocycles. The molecule has 0 aliphatic rings. The van der Waals surface area contributed by atoms with Gasteiger partial charge in [-0.05, 0) is 59.7 Å². The van der Waals surface area contributed by atoms with Crippen LogP contribution in [0.5, 0.6) is 0 Å². The van der Waals surface area contributed by atoms with Crippen LogP contribution in [0.4, 0.5) is 0 Å². The number of nitrogens with zero attached hydrogens (tertiary/aromatic N) is 3. The van der Waals surface area contributed by atoms with Crippen LogP contribution in [0.3, 0.4) is 0 Å². The summed E-state index contributed by atoms with van der Waals surface area (Å²) < 4.78 is 30.6. The molecule has 4 rings (SSSR count). The predicted molar refractivity (Wildman–Crippen MR) is 131 cm³/mol. The second kappa shape index (κ2) is 9.85. The summed E-state index contributed by atoms with van der Waals surface area (Å²) in [4.78, 5) is 9.41. The van der Waals surface area contributed by atoms with Crippen LogP contribution in [0.15, 0.2) is 71.8 Å². The lowest BCUT2D eigenvalue weighted by atomic mass is 10.0. The Kier molecular flexibility index (Phi) is 6.91. The molecule has 0 amide bonds. The number of hydrogen-bond acceptors (Lipinski definition) is 4. The zero-order valence-corrected chi connectivity index (χ0v) is 20.1. The molecule has 0 atom stereocenters. The third-order valence-electron chi connectivity index (χ3n) is 5.65. The minimum absolute atomic E-state index is 0.0828. The fourth-order valence-electron chi connectivity index (χ4n) is 3.89. The van der Waals surface area contributed by atoms with Crippen LogP contribution < -0.4 is 4.72 Å². The SMILES string of the molecule is CCc1ccc(Cn2c(CNS(=O)(=O)c3ccc(CC(C)C)cc3)nc3cccnc32)cc1. The van der Waals surface area contributed by atoms with E-state index in [0.717, 1.165) is 35.1 Å². The summed E-state index contributed by atoms with van der Waals surface area (Å²) >= 11 is 0. The van der Waals surface area contributed by atoms with Gasteiger partial charge in [-0.2, -0.15) is 0 Å². The molecule has 0 spiro atoms. The number of aryl methyl sites for hydroxylation is 1. The van der Waals surface area contributed by atoms with Crippen LogP contribution in [0.1, 0.15) is 43.3 Å². The highest BCUT2D eigenvalue weighted by atomic mass is 32.2. The summed E-state index contributed by atoms with van der Waals surface area (Å²) in [5, 5.41) is 0. The zero-order valence-electron chi connectivity index (χ0n) is 19.3. The molecule has 2 aromatic carbocycles. The van der Waals surface area contributed by atoms with Gasteiger partial charge in [0.15, 0.2) is 5.65 Å². The van der Waals surface area contributed by atoms with Crippen LogP contribution in [0, 0.1) is 5.92 Å². The molecule has 7 heteroatoms.